The smallest absolute Gasteiger partial charge is 0.243 e. The molecule has 4 nitrogen and oxygen atoms in total. The maximum Gasteiger partial charge on any atom is 0.243 e. The number of unbranched alkanes of at least 4 members (excludes halogenated alkanes) is 1. The number of carbonyl (C=O) groups excluding carboxylic acids is 1. The number of benzene rings is 2. The summed E-state index contributed by atoms with van der Waals surface area (Å²) in [5.41, 5.74) is 2.50. The van der Waals surface area contributed by atoms with E-state index >= 15 is 0 Å². The first-order valence-corrected chi connectivity index (χ1v) is 6.80. The van der Waals surface area contributed by atoms with Gasteiger partial charge in [0.1, 0.15) is 0 Å². The number of amides is 1. The van der Waals surface area contributed by atoms with Crippen molar-refractivity contribution < 1.29 is 15.1 Å². The van der Waals surface area contributed by atoms with Crippen molar-refractivity contribution in [3.8, 4) is 0 Å². The van der Waals surface area contributed by atoms with E-state index < -0.39 is 6.10 Å². The predicted octanol–water partition coefficient (Wildman–Crippen LogP) is 2.94. The number of hydrogen-bond donors (Lipinski definition) is 3. The fourth-order valence-electron chi connectivity index (χ4n) is 2.26. The van der Waals surface area contributed by atoms with Gasteiger partial charge >= 0.3 is 0 Å². The summed E-state index contributed by atoms with van der Waals surface area (Å²) in [6, 6.07) is 14.0. The molecule has 4 heteroatoms. The van der Waals surface area contributed by atoms with Gasteiger partial charge in [-0.25, -0.2) is 5.48 Å². The van der Waals surface area contributed by atoms with E-state index in [9.17, 15) is 9.90 Å². The molecule has 20 heavy (non-hydrogen) atoms. The van der Waals surface area contributed by atoms with Crippen LogP contribution in [0, 0.1) is 0 Å². The topological polar surface area (TPSA) is 69.6 Å². The molecule has 1 atom stereocenters. The first kappa shape index (κ1) is 14.5. The van der Waals surface area contributed by atoms with Gasteiger partial charge in [0.2, 0.25) is 5.91 Å². The highest BCUT2D eigenvalue weighted by molar-refractivity contribution is 5.83. The van der Waals surface area contributed by atoms with Crippen LogP contribution in [0.2, 0.25) is 0 Å². The Morgan fingerprint density at radius 1 is 1.10 bits per heavy atom. The Morgan fingerprint density at radius 3 is 2.60 bits per heavy atom. The summed E-state index contributed by atoms with van der Waals surface area (Å²) < 4.78 is 0. The third-order valence-corrected chi connectivity index (χ3v) is 3.41. The van der Waals surface area contributed by atoms with Gasteiger partial charge in [0.15, 0.2) is 0 Å². The molecule has 0 saturated carbocycles. The minimum absolute atomic E-state index is 0.279. The van der Waals surface area contributed by atoms with Crippen molar-refractivity contribution in [3.63, 3.8) is 0 Å². The van der Waals surface area contributed by atoms with Gasteiger partial charge in [0.05, 0.1) is 6.10 Å². The lowest BCUT2D eigenvalue weighted by atomic mass is 10.00. The maximum atomic E-state index is 10.8. The largest absolute Gasteiger partial charge is 0.388 e. The number of carbonyl (C=O) groups is 1. The zero-order chi connectivity index (χ0) is 14.4. The van der Waals surface area contributed by atoms with E-state index in [1.807, 2.05) is 42.5 Å². The van der Waals surface area contributed by atoms with Crippen molar-refractivity contribution in [2.24, 2.45) is 0 Å². The molecule has 1 unspecified atom stereocenters. The third kappa shape index (κ3) is 3.79. The maximum absolute atomic E-state index is 10.8. The Bertz CT molecular complexity index is 583. The van der Waals surface area contributed by atoms with Gasteiger partial charge in [-0.3, -0.25) is 10.0 Å². The molecule has 2 aromatic carbocycles. The first-order valence-electron chi connectivity index (χ1n) is 6.80. The van der Waals surface area contributed by atoms with Crippen LogP contribution in [0.15, 0.2) is 42.5 Å². The second-order valence-electron chi connectivity index (χ2n) is 4.90. The van der Waals surface area contributed by atoms with Crippen molar-refractivity contribution >= 4 is 16.7 Å². The van der Waals surface area contributed by atoms with Crippen LogP contribution in [0.25, 0.3) is 10.8 Å². The zero-order valence-electron chi connectivity index (χ0n) is 11.2. The van der Waals surface area contributed by atoms with Gasteiger partial charge < -0.3 is 5.11 Å². The summed E-state index contributed by atoms with van der Waals surface area (Å²) in [7, 11) is 0. The number of aliphatic hydroxyl groups excluding tert-OH is 1. The first-order chi connectivity index (χ1) is 9.70. The van der Waals surface area contributed by atoms with Gasteiger partial charge in [0, 0.05) is 6.42 Å². The normalized spacial score (nSPS) is 12.3. The zero-order valence-corrected chi connectivity index (χ0v) is 11.2. The molecule has 2 rings (SSSR count). The fourth-order valence-corrected chi connectivity index (χ4v) is 2.26. The number of hydroxylamine groups is 1. The van der Waals surface area contributed by atoms with E-state index in [1.165, 1.54) is 0 Å². The van der Waals surface area contributed by atoms with E-state index in [0.29, 0.717) is 12.8 Å². The quantitative estimate of drug-likeness (QED) is 0.430. The molecule has 0 aliphatic heterocycles. The number of fused-ring (bicyclic) bond motifs is 1. The lowest BCUT2D eigenvalue weighted by Gasteiger charge is -2.11. The average Bonchev–Trinajstić information content (AvgIpc) is 2.50. The molecule has 0 radical (unpaired) electrons. The van der Waals surface area contributed by atoms with E-state index in [2.05, 4.69) is 0 Å². The molecule has 3 N–H and O–H groups in total. The van der Waals surface area contributed by atoms with Gasteiger partial charge in [-0.1, -0.05) is 42.8 Å². The molecule has 0 aliphatic rings. The van der Waals surface area contributed by atoms with Crippen LogP contribution in [-0.4, -0.2) is 16.2 Å². The van der Waals surface area contributed by atoms with E-state index in [1.54, 1.807) is 5.48 Å². The monoisotopic (exact) mass is 273 g/mol. The van der Waals surface area contributed by atoms with Crippen LogP contribution in [0.3, 0.4) is 0 Å². The second kappa shape index (κ2) is 7.03. The van der Waals surface area contributed by atoms with Gasteiger partial charge in [0.25, 0.3) is 0 Å². The van der Waals surface area contributed by atoms with Crippen molar-refractivity contribution in [1.82, 2.24) is 5.48 Å². The lowest BCUT2D eigenvalue weighted by molar-refractivity contribution is -0.129. The highest BCUT2D eigenvalue weighted by atomic mass is 16.5. The van der Waals surface area contributed by atoms with Crippen LogP contribution in [-0.2, 0) is 4.79 Å². The summed E-state index contributed by atoms with van der Waals surface area (Å²) in [6.45, 7) is 0. The second-order valence-corrected chi connectivity index (χ2v) is 4.90. The molecular formula is C16H19NO3. The van der Waals surface area contributed by atoms with Crippen molar-refractivity contribution in [1.29, 1.82) is 0 Å². The Labute approximate surface area is 118 Å². The molecule has 1 amide bonds. The number of rotatable bonds is 6. The van der Waals surface area contributed by atoms with Crippen LogP contribution in [0.4, 0.5) is 0 Å². The fraction of sp³-hybridized carbons (Fsp3) is 0.312. The number of aliphatic hydroxyl groups is 1. The predicted molar refractivity (Wildman–Crippen MR) is 77.3 cm³/mol. The minimum atomic E-state index is -0.517. The number of nitrogens with one attached hydrogen (secondary N) is 1. The summed E-state index contributed by atoms with van der Waals surface area (Å²) >= 11 is 0. The highest BCUT2D eigenvalue weighted by Gasteiger charge is 2.08. The summed E-state index contributed by atoms with van der Waals surface area (Å²) in [5, 5.41) is 20.8. The lowest BCUT2D eigenvalue weighted by Crippen LogP contribution is -2.17. The average molecular weight is 273 g/mol. The molecule has 0 saturated heterocycles. The standard InChI is InChI=1S/C16H19NO3/c18-15(7-3-4-8-16(19)17-20)14-10-9-12-5-1-2-6-13(12)11-14/h1-2,5-6,9-11,15,18,20H,3-4,7-8H2,(H,17,19). The Balaban J connectivity index is 1.90. The molecule has 0 spiro atoms. The van der Waals surface area contributed by atoms with Crippen molar-refractivity contribution in [2.75, 3.05) is 0 Å². The molecular weight excluding hydrogens is 254 g/mol. The van der Waals surface area contributed by atoms with Crippen LogP contribution >= 0.6 is 0 Å². The van der Waals surface area contributed by atoms with Gasteiger partial charge in [-0.15, -0.1) is 0 Å². The summed E-state index contributed by atoms with van der Waals surface area (Å²) in [5.74, 6) is -0.384. The molecule has 0 bridgehead atoms. The summed E-state index contributed by atoms with van der Waals surface area (Å²) in [6.07, 6.45) is 1.76. The van der Waals surface area contributed by atoms with Gasteiger partial charge in [-0.05, 0) is 35.2 Å². The Kier molecular flexibility index (Phi) is 5.09. The van der Waals surface area contributed by atoms with Crippen LogP contribution < -0.4 is 5.48 Å². The third-order valence-electron chi connectivity index (χ3n) is 3.41. The molecule has 0 heterocycles. The highest BCUT2D eigenvalue weighted by Crippen LogP contribution is 2.23. The summed E-state index contributed by atoms with van der Waals surface area (Å²) in [4.78, 5) is 10.8. The molecule has 2 aromatic rings. The molecule has 0 fully saturated rings. The van der Waals surface area contributed by atoms with Crippen LogP contribution in [0.1, 0.15) is 37.4 Å². The molecule has 106 valence electrons. The van der Waals surface area contributed by atoms with E-state index in [0.717, 1.165) is 22.8 Å². The van der Waals surface area contributed by atoms with Crippen molar-refractivity contribution in [3.05, 3.63) is 48.0 Å². The SMILES string of the molecule is O=C(CCCCC(O)c1ccc2ccccc2c1)NO. The Hall–Kier alpha value is -1.91. The minimum Gasteiger partial charge on any atom is -0.388 e. The van der Waals surface area contributed by atoms with Crippen molar-refractivity contribution in [2.45, 2.75) is 31.8 Å². The molecule has 0 aromatic heterocycles. The Morgan fingerprint density at radius 2 is 1.85 bits per heavy atom. The van der Waals surface area contributed by atoms with E-state index in [-0.39, 0.29) is 12.3 Å². The van der Waals surface area contributed by atoms with Crippen LogP contribution in [0.5, 0.6) is 0 Å². The van der Waals surface area contributed by atoms with Gasteiger partial charge in [-0.2, -0.15) is 0 Å². The van der Waals surface area contributed by atoms with E-state index in [4.69, 9.17) is 5.21 Å². The number of hydrogen-bond acceptors (Lipinski definition) is 3. The molecule has 0 aliphatic carbocycles.